The Kier molecular flexibility index (Phi) is 3.05. The van der Waals surface area contributed by atoms with Gasteiger partial charge in [0.25, 0.3) is 5.91 Å². The zero-order chi connectivity index (χ0) is 11.5. The average molecular weight is 281 g/mol. The third kappa shape index (κ3) is 2.49. The van der Waals surface area contributed by atoms with Gasteiger partial charge in [-0.25, -0.2) is 0 Å². The van der Waals surface area contributed by atoms with Crippen LogP contribution in [0.3, 0.4) is 0 Å². The molecule has 0 saturated carbocycles. The minimum absolute atomic E-state index is 0.275. The lowest BCUT2D eigenvalue weighted by Crippen LogP contribution is -2.11. The highest BCUT2D eigenvalue weighted by molar-refractivity contribution is 9.10. The summed E-state index contributed by atoms with van der Waals surface area (Å²) in [5, 5.41) is 6.36. The maximum Gasteiger partial charge on any atom is 0.277 e. The highest BCUT2D eigenvalue weighted by Gasteiger charge is 2.10. The number of nitrogens with zero attached hydrogens (tertiary/aromatic N) is 1. The van der Waals surface area contributed by atoms with Crippen LogP contribution in [-0.4, -0.2) is 11.1 Å². The van der Waals surface area contributed by atoms with Crippen LogP contribution in [0, 0.1) is 6.92 Å². The van der Waals surface area contributed by atoms with Gasteiger partial charge in [-0.15, -0.1) is 0 Å². The molecule has 0 aliphatic rings. The van der Waals surface area contributed by atoms with E-state index in [-0.39, 0.29) is 11.6 Å². The maximum atomic E-state index is 11.7. The third-order valence-corrected chi connectivity index (χ3v) is 2.44. The normalized spacial score (nSPS) is 10.1. The first kappa shape index (κ1) is 10.9. The molecule has 1 amide bonds. The smallest absolute Gasteiger partial charge is 0.277 e. The van der Waals surface area contributed by atoms with Gasteiger partial charge in [0, 0.05) is 16.2 Å². The standard InChI is InChI=1S/C11H9BrN2O2/c1-7-5-10(14-16-7)11(15)13-9-4-2-3-8(12)6-9/h2-6H,1H3,(H,13,15). The summed E-state index contributed by atoms with van der Waals surface area (Å²) in [5.74, 6) is 0.328. The van der Waals surface area contributed by atoms with Gasteiger partial charge in [0.05, 0.1) is 0 Å². The minimum atomic E-state index is -0.282. The number of rotatable bonds is 2. The Morgan fingerprint density at radius 2 is 2.25 bits per heavy atom. The molecule has 0 saturated heterocycles. The van der Waals surface area contributed by atoms with Gasteiger partial charge < -0.3 is 9.84 Å². The van der Waals surface area contributed by atoms with E-state index in [4.69, 9.17) is 4.52 Å². The fourth-order valence-corrected chi connectivity index (χ4v) is 1.63. The van der Waals surface area contributed by atoms with E-state index >= 15 is 0 Å². The molecule has 0 bridgehead atoms. The Balaban J connectivity index is 2.13. The van der Waals surface area contributed by atoms with Crippen LogP contribution in [0.1, 0.15) is 16.2 Å². The lowest BCUT2D eigenvalue weighted by Gasteiger charge is -2.02. The fraction of sp³-hybridized carbons (Fsp3) is 0.0909. The van der Waals surface area contributed by atoms with E-state index < -0.39 is 0 Å². The molecule has 2 rings (SSSR count). The second-order valence-electron chi connectivity index (χ2n) is 3.29. The number of benzene rings is 1. The molecular formula is C11H9BrN2O2. The number of aromatic nitrogens is 1. The lowest BCUT2D eigenvalue weighted by molar-refractivity contribution is 0.101. The quantitative estimate of drug-likeness (QED) is 0.920. The molecule has 82 valence electrons. The molecule has 0 radical (unpaired) electrons. The summed E-state index contributed by atoms with van der Waals surface area (Å²) in [6.45, 7) is 1.74. The first-order chi connectivity index (χ1) is 7.65. The van der Waals surface area contributed by atoms with Crippen LogP contribution in [0.4, 0.5) is 5.69 Å². The molecule has 1 aromatic carbocycles. The van der Waals surface area contributed by atoms with Gasteiger partial charge in [-0.3, -0.25) is 4.79 Å². The lowest BCUT2D eigenvalue weighted by atomic mass is 10.3. The van der Waals surface area contributed by atoms with E-state index in [1.54, 1.807) is 19.1 Å². The van der Waals surface area contributed by atoms with Crippen LogP contribution in [0.25, 0.3) is 0 Å². The summed E-state index contributed by atoms with van der Waals surface area (Å²) < 4.78 is 5.73. The molecule has 1 aromatic heterocycles. The van der Waals surface area contributed by atoms with E-state index in [0.29, 0.717) is 11.4 Å². The average Bonchev–Trinajstić information content (AvgIpc) is 2.65. The largest absolute Gasteiger partial charge is 0.361 e. The molecule has 0 fully saturated rings. The van der Waals surface area contributed by atoms with Gasteiger partial charge in [0.2, 0.25) is 0 Å². The molecule has 1 heterocycles. The summed E-state index contributed by atoms with van der Waals surface area (Å²) in [4.78, 5) is 11.7. The van der Waals surface area contributed by atoms with Gasteiger partial charge in [0.15, 0.2) is 5.69 Å². The fourth-order valence-electron chi connectivity index (χ4n) is 1.23. The summed E-state index contributed by atoms with van der Waals surface area (Å²) >= 11 is 3.33. The maximum absolute atomic E-state index is 11.7. The number of nitrogens with one attached hydrogen (secondary N) is 1. The van der Waals surface area contributed by atoms with Crippen molar-refractivity contribution in [2.24, 2.45) is 0 Å². The second-order valence-corrected chi connectivity index (χ2v) is 4.20. The van der Waals surface area contributed by atoms with Crippen molar-refractivity contribution in [1.82, 2.24) is 5.16 Å². The van der Waals surface area contributed by atoms with Crippen LogP contribution in [-0.2, 0) is 0 Å². The molecule has 4 nitrogen and oxygen atoms in total. The molecule has 0 aliphatic carbocycles. The molecule has 0 aliphatic heterocycles. The second kappa shape index (κ2) is 4.49. The highest BCUT2D eigenvalue weighted by Crippen LogP contribution is 2.16. The zero-order valence-electron chi connectivity index (χ0n) is 8.53. The van der Waals surface area contributed by atoms with E-state index in [9.17, 15) is 4.79 Å². The van der Waals surface area contributed by atoms with Gasteiger partial charge >= 0.3 is 0 Å². The number of hydrogen-bond acceptors (Lipinski definition) is 3. The topological polar surface area (TPSA) is 55.1 Å². The molecule has 1 N–H and O–H groups in total. The van der Waals surface area contributed by atoms with Crippen LogP contribution >= 0.6 is 15.9 Å². The van der Waals surface area contributed by atoms with E-state index in [1.165, 1.54) is 0 Å². The Morgan fingerprint density at radius 1 is 1.44 bits per heavy atom. The van der Waals surface area contributed by atoms with Crippen LogP contribution in [0.5, 0.6) is 0 Å². The molecule has 0 spiro atoms. The van der Waals surface area contributed by atoms with Crippen molar-refractivity contribution >= 4 is 27.5 Å². The van der Waals surface area contributed by atoms with Gasteiger partial charge in [-0.05, 0) is 25.1 Å². The van der Waals surface area contributed by atoms with Crippen molar-refractivity contribution in [2.75, 3.05) is 5.32 Å². The Hall–Kier alpha value is -1.62. The molecule has 0 atom stereocenters. The zero-order valence-corrected chi connectivity index (χ0v) is 10.1. The monoisotopic (exact) mass is 280 g/mol. The predicted molar refractivity (Wildman–Crippen MR) is 63.3 cm³/mol. The number of halogens is 1. The van der Waals surface area contributed by atoms with Crippen molar-refractivity contribution in [2.45, 2.75) is 6.92 Å². The van der Waals surface area contributed by atoms with Crippen molar-refractivity contribution in [1.29, 1.82) is 0 Å². The Bertz CT molecular complexity index is 522. The van der Waals surface area contributed by atoms with Crippen LogP contribution in [0.2, 0.25) is 0 Å². The summed E-state index contributed by atoms with van der Waals surface area (Å²) in [6.07, 6.45) is 0. The molecule has 5 heteroatoms. The Morgan fingerprint density at radius 3 is 2.88 bits per heavy atom. The minimum Gasteiger partial charge on any atom is -0.361 e. The van der Waals surface area contributed by atoms with Crippen LogP contribution in [0.15, 0.2) is 39.3 Å². The van der Waals surface area contributed by atoms with Gasteiger partial charge in [-0.1, -0.05) is 27.2 Å². The molecular weight excluding hydrogens is 272 g/mol. The molecule has 16 heavy (non-hydrogen) atoms. The number of amides is 1. The number of carbonyl (C=O) groups excluding carboxylic acids is 1. The summed E-state index contributed by atoms with van der Waals surface area (Å²) in [7, 11) is 0. The van der Waals surface area contributed by atoms with Crippen molar-refractivity contribution in [3.8, 4) is 0 Å². The van der Waals surface area contributed by atoms with Crippen LogP contribution < -0.4 is 5.32 Å². The number of aryl methyl sites for hydroxylation is 1. The van der Waals surface area contributed by atoms with Gasteiger partial charge in [0.1, 0.15) is 5.76 Å². The SMILES string of the molecule is Cc1cc(C(=O)Nc2cccc(Br)c2)no1. The molecule has 2 aromatic rings. The number of anilines is 1. The summed E-state index contributed by atoms with van der Waals surface area (Å²) in [5.41, 5.74) is 0.984. The van der Waals surface area contributed by atoms with Crippen molar-refractivity contribution in [3.05, 3.63) is 46.3 Å². The first-order valence-electron chi connectivity index (χ1n) is 4.65. The number of hydrogen-bond donors (Lipinski definition) is 1. The third-order valence-electron chi connectivity index (χ3n) is 1.94. The van der Waals surface area contributed by atoms with E-state index in [1.807, 2.05) is 18.2 Å². The van der Waals surface area contributed by atoms with E-state index in [2.05, 4.69) is 26.4 Å². The van der Waals surface area contributed by atoms with E-state index in [0.717, 1.165) is 4.47 Å². The number of carbonyl (C=O) groups is 1. The van der Waals surface area contributed by atoms with Crippen molar-refractivity contribution < 1.29 is 9.32 Å². The highest BCUT2D eigenvalue weighted by atomic mass is 79.9. The van der Waals surface area contributed by atoms with Crippen molar-refractivity contribution in [3.63, 3.8) is 0 Å². The predicted octanol–water partition coefficient (Wildman–Crippen LogP) is 3.00. The Labute approximate surface area is 101 Å². The summed E-state index contributed by atoms with van der Waals surface area (Å²) in [6, 6.07) is 8.93. The molecule has 0 unspecified atom stereocenters. The first-order valence-corrected chi connectivity index (χ1v) is 5.45. The van der Waals surface area contributed by atoms with Gasteiger partial charge in [-0.2, -0.15) is 0 Å².